The molecule has 0 bridgehead atoms. The predicted molar refractivity (Wildman–Crippen MR) is 240 cm³/mol. The van der Waals surface area contributed by atoms with E-state index in [1.54, 1.807) is 6.08 Å². The molecule has 0 spiro atoms. The zero-order valence-electron chi connectivity index (χ0n) is 38.6. The Balaban J connectivity index is 1.86. The van der Waals surface area contributed by atoms with Crippen LogP contribution in [0.5, 0.6) is 0 Å². The Bertz CT molecular complexity index is 1100. The van der Waals surface area contributed by atoms with Crippen molar-refractivity contribution in [3.8, 4) is 0 Å². The third-order valence-electron chi connectivity index (χ3n) is 12.5. The molecule has 12 atom stereocenters. The first kappa shape index (κ1) is 56.9. The molecule has 0 saturated carbocycles. The van der Waals surface area contributed by atoms with Gasteiger partial charge < -0.3 is 65.1 Å². The van der Waals surface area contributed by atoms with E-state index in [4.69, 9.17) is 18.9 Å². The summed E-state index contributed by atoms with van der Waals surface area (Å²) in [7, 11) is 0. The lowest BCUT2D eigenvalue weighted by atomic mass is 9.97. The van der Waals surface area contributed by atoms with Gasteiger partial charge in [-0.05, 0) is 19.3 Å². The van der Waals surface area contributed by atoms with E-state index >= 15 is 0 Å². The number of nitrogens with one attached hydrogen (secondary N) is 1. The summed E-state index contributed by atoms with van der Waals surface area (Å²) in [5.41, 5.74) is 0. The molecule has 2 heterocycles. The molecule has 12 unspecified atom stereocenters. The quantitative estimate of drug-likeness (QED) is 0.0257. The molecule has 0 aromatic rings. The number of unbranched alkanes of at least 4 members (excludes halogenated alkanes) is 25. The number of aliphatic hydroxyl groups excluding tert-OH is 8. The molecular weight excluding hydrogens is 799 g/mol. The van der Waals surface area contributed by atoms with Crippen LogP contribution in [-0.4, -0.2) is 140 Å². The Hall–Kier alpha value is -1.27. The fourth-order valence-corrected chi connectivity index (χ4v) is 8.35. The lowest BCUT2D eigenvalue weighted by molar-refractivity contribution is -0.359. The molecule has 2 aliphatic heterocycles. The predicted octanol–water partition coefficient (Wildman–Crippen LogP) is 5.99. The van der Waals surface area contributed by atoms with Gasteiger partial charge in [-0.25, -0.2) is 0 Å². The van der Waals surface area contributed by atoms with Gasteiger partial charge in [0.25, 0.3) is 0 Å². The summed E-state index contributed by atoms with van der Waals surface area (Å²) in [6.07, 6.45) is 19.6. The average Bonchev–Trinajstić information content (AvgIpc) is 3.27. The van der Waals surface area contributed by atoms with Gasteiger partial charge in [0.15, 0.2) is 12.6 Å². The Morgan fingerprint density at radius 1 is 0.565 bits per heavy atom. The number of allylic oxidation sites excluding steroid dienone is 1. The van der Waals surface area contributed by atoms with Crippen molar-refractivity contribution in [2.45, 2.75) is 267 Å². The second-order valence-corrected chi connectivity index (χ2v) is 18.0. The third kappa shape index (κ3) is 23.3. The highest BCUT2D eigenvalue weighted by Gasteiger charge is 2.51. The van der Waals surface area contributed by atoms with Crippen LogP contribution in [0.4, 0.5) is 0 Å². The number of ether oxygens (including phenoxy) is 4. The Kier molecular flexibility index (Phi) is 32.9. The molecule has 62 heavy (non-hydrogen) atoms. The van der Waals surface area contributed by atoms with Gasteiger partial charge in [-0.3, -0.25) is 4.79 Å². The van der Waals surface area contributed by atoms with Crippen molar-refractivity contribution in [1.29, 1.82) is 0 Å². The maximum Gasteiger partial charge on any atom is 0.220 e. The van der Waals surface area contributed by atoms with Gasteiger partial charge in [0, 0.05) is 6.42 Å². The van der Waals surface area contributed by atoms with E-state index in [-0.39, 0.29) is 18.9 Å². The zero-order valence-corrected chi connectivity index (χ0v) is 38.6. The highest BCUT2D eigenvalue weighted by Crippen LogP contribution is 2.30. The van der Waals surface area contributed by atoms with Crippen molar-refractivity contribution in [3.63, 3.8) is 0 Å². The Morgan fingerprint density at radius 2 is 1.00 bits per heavy atom. The third-order valence-corrected chi connectivity index (χ3v) is 12.5. The van der Waals surface area contributed by atoms with Crippen LogP contribution >= 0.6 is 0 Å². The SMILES string of the molecule is CCCCCCCCCCCCC/C=C/C(O)C(COC1OC(CO)C(OC2OC(CO)C(O)C(O)C2O)C(O)C1O)NC(=O)CCCCCCCCCCCCCCCCC. The largest absolute Gasteiger partial charge is 0.394 e. The van der Waals surface area contributed by atoms with Crippen molar-refractivity contribution in [1.82, 2.24) is 5.32 Å². The monoisotopic (exact) mass is 890 g/mol. The highest BCUT2D eigenvalue weighted by atomic mass is 16.7. The maximum atomic E-state index is 13.1. The fraction of sp³-hybridized carbons (Fsp3) is 0.938. The zero-order chi connectivity index (χ0) is 45.4. The van der Waals surface area contributed by atoms with Crippen molar-refractivity contribution >= 4 is 5.91 Å². The molecule has 9 N–H and O–H groups in total. The minimum atomic E-state index is -1.78. The van der Waals surface area contributed by atoms with Gasteiger partial charge in [-0.15, -0.1) is 0 Å². The van der Waals surface area contributed by atoms with E-state index in [1.807, 2.05) is 6.08 Å². The lowest BCUT2D eigenvalue weighted by Gasteiger charge is -2.46. The first-order valence-corrected chi connectivity index (χ1v) is 24.9. The normalized spacial score (nSPS) is 27.8. The molecule has 366 valence electrons. The van der Waals surface area contributed by atoms with E-state index in [1.165, 1.54) is 128 Å². The molecule has 0 aromatic heterocycles. The van der Waals surface area contributed by atoms with E-state index in [0.29, 0.717) is 6.42 Å². The summed E-state index contributed by atoms with van der Waals surface area (Å²) < 4.78 is 22.7. The minimum Gasteiger partial charge on any atom is -0.394 e. The average molecular weight is 890 g/mol. The summed E-state index contributed by atoms with van der Waals surface area (Å²) >= 11 is 0. The lowest BCUT2D eigenvalue weighted by Crippen LogP contribution is -2.65. The second kappa shape index (κ2) is 35.9. The van der Waals surface area contributed by atoms with Gasteiger partial charge >= 0.3 is 0 Å². The molecule has 0 aliphatic carbocycles. The van der Waals surface area contributed by atoms with Gasteiger partial charge in [0.05, 0.1) is 32.0 Å². The maximum absolute atomic E-state index is 13.1. The first-order chi connectivity index (χ1) is 30.1. The second-order valence-electron chi connectivity index (χ2n) is 18.0. The summed E-state index contributed by atoms with van der Waals surface area (Å²) in [6.45, 7) is 2.78. The number of aliphatic hydroxyl groups is 8. The summed E-state index contributed by atoms with van der Waals surface area (Å²) in [6, 6.07) is -0.906. The number of carbonyl (C=O) groups is 1. The van der Waals surface area contributed by atoms with Crippen molar-refractivity contribution in [3.05, 3.63) is 12.2 Å². The Morgan fingerprint density at radius 3 is 1.48 bits per heavy atom. The van der Waals surface area contributed by atoms with Crippen molar-refractivity contribution in [2.75, 3.05) is 19.8 Å². The van der Waals surface area contributed by atoms with Crippen molar-refractivity contribution in [2.24, 2.45) is 0 Å². The summed E-state index contributed by atoms with van der Waals surface area (Å²) in [5.74, 6) is -0.238. The topological polar surface area (TPSA) is 228 Å². The molecule has 14 heteroatoms. The van der Waals surface area contributed by atoms with Crippen molar-refractivity contribution < 1.29 is 64.6 Å². The summed E-state index contributed by atoms with van der Waals surface area (Å²) in [4.78, 5) is 13.1. The van der Waals surface area contributed by atoms with E-state index in [0.717, 1.165) is 38.5 Å². The number of hydrogen-bond donors (Lipinski definition) is 9. The van der Waals surface area contributed by atoms with Crippen LogP contribution in [0.25, 0.3) is 0 Å². The van der Waals surface area contributed by atoms with Gasteiger partial charge in [-0.1, -0.05) is 180 Å². The number of carbonyl (C=O) groups excluding carboxylic acids is 1. The number of hydrogen-bond acceptors (Lipinski definition) is 13. The molecule has 2 aliphatic rings. The van der Waals surface area contributed by atoms with Crippen LogP contribution in [0.3, 0.4) is 0 Å². The molecule has 0 radical (unpaired) electrons. The molecular formula is C48H91NO13. The van der Waals surface area contributed by atoms with Crippen LogP contribution < -0.4 is 5.32 Å². The first-order valence-electron chi connectivity index (χ1n) is 24.9. The molecule has 0 aromatic carbocycles. The Labute approximate surface area is 374 Å². The van der Waals surface area contributed by atoms with E-state index in [2.05, 4.69) is 19.2 Å². The van der Waals surface area contributed by atoms with Crippen LogP contribution in [0.1, 0.15) is 194 Å². The smallest absolute Gasteiger partial charge is 0.220 e. The molecule has 2 fully saturated rings. The number of rotatable bonds is 38. The molecule has 1 amide bonds. The number of amides is 1. The van der Waals surface area contributed by atoms with E-state index in [9.17, 15) is 45.6 Å². The van der Waals surface area contributed by atoms with Crippen LogP contribution in [0.2, 0.25) is 0 Å². The standard InChI is InChI=1S/C48H91NO13/c1-3-5-7-9-11-13-15-17-18-20-22-24-26-28-30-32-40(53)49-36(37(52)31-29-27-25-23-21-19-16-14-12-10-8-6-4-2)35-59-47-45(58)43(56)46(39(34-51)61-47)62-48-44(57)42(55)41(54)38(33-50)60-48/h29,31,36-39,41-48,50-52,54-58H,3-28,30,32-35H2,1-2H3,(H,49,53)/b31-29+. The van der Waals surface area contributed by atoms with Gasteiger partial charge in [0.2, 0.25) is 5.91 Å². The van der Waals surface area contributed by atoms with Crippen LogP contribution in [0.15, 0.2) is 12.2 Å². The fourth-order valence-electron chi connectivity index (χ4n) is 8.35. The molecule has 2 saturated heterocycles. The molecule has 2 rings (SSSR count). The van der Waals surface area contributed by atoms with Gasteiger partial charge in [0.1, 0.15) is 48.8 Å². The van der Waals surface area contributed by atoms with Gasteiger partial charge in [-0.2, -0.15) is 0 Å². The minimum absolute atomic E-state index is 0.238. The summed E-state index contributed by atoms with van der Waals surface area (Å²) in [5, 5.41) is 86.6. The van der Waals surface area contributed by atoms with Crippen LogP contribution in [-0.2, 0) is 23.7 Å². The highest BCUT2D eigenvalue weighted by molar-refractivity contribution is 5.76. The van der Waals surface area contributed by atoms with Crippen LogP contribution in [0, 0.1) is 0 Å². The molecule has 14 nitrogen and oxygen atoms in total. The van der Waals surface area contributed by atoms with E-state index < -0.39 is 86.8 Å².